The molecule has 0 spiro atoms. The number of aromatic nitrogens is 1. The van der Waals surface area contributed by atoms with Crippen LogP contribution in [0.15, 0.2) is 24.3 Å². The number of nitrogens with one attached hydrogen (secondary N) is 1. The number of rotatable bonds is 7. The van der Waals surface area contributed by atoms with Gasteiger partial charge in [0.05, 0.1) is 19.4 Å². The van der Waals surface area contributed by atoms with Gasteiger partial charge in [-0.3, -0.25) is 15.0 Å². The van der Waals surface area contributed by atoms with E-state index in [0.29, 0.717) is 23.2 Å². The number of carbonyl (C=O) groups excluding carboxylic acids is 1. The Morgan fingerprint density at radius 3 is 2.96 bits per heavy atom. The zero-order valence-electron chi connectivity index (χ0n) is 15.9. The zero-order valence-corrected chi connectivity index (χ0v) is 16.8. The van der Waals surface area contributed by atoms with Gasteiger partial charge in [-0.1, -0.05) is 13.0 Å². The number of nitrogens with zero attached hydrogens (tertiary/aromatic N) is 2. The van der Waals surface area contributed by atoms with Crippen LogP contribution >= 0.6 is 11.3 Å². The maximum absolute atomic E-state index is 12.2. The van der Waals surface area contributed by atoms with Gasteiger partial charge in [0.25, 0.3) is 0 Å². The van der Waals surface area contributed by atoms with Crippen LogP contribution in [0.25, 0.3) is 6.08 Å². The SMILES string of the molecule is CCOc1ccc(/C=C/C(=O)Nc2nc3c(s2)CN(CC)CC3)cc1OC. The van der Waals surface area contributed by atoms with Crippen molar-refractivity contribution in [3.8, 4) is 11.5 Å². The van der Waals surface area contributed by atoms with Crippen LogP contribution in [0.2, 0.25) is 0 Å². The molecule has 0 radical (unpaired) electrons. The molecule has 1 aliphatic heterocycles. The van der Waals surface area contributed by atoms with Crippen LogP contribution in [0.1, 0.15) is 30.0 Å². The first-order valence-electron chi connectivity index (χ1n) is 9.13. The van der Waals surface area contributed by atoms with Crippen molar-refractivity contribution in [2.45, 2.75) is 26.8 Å². The molecule has 0 fully saturated rings. The summed E-state index contributed by atoms with van der Waals surface area (Å²) in [7, 11) is 1.60. The molecule has 0 aliphatic carbocycles. The van der Waals surface area contributed by atoms with E-state index in [1.807, 2.05) is 25.1 Å². The molecule has 1 N–H and O–H groups in total. The largest absolute Gasteiger partial charge is 0.493 e. The van der Waals surface area contributed by atoms with E-state index in [1.54, 1.807) is 24.5 Å². The van der Waals surface area contributed by atoms with Gasteiger partial charge in [0.1, 0.15) is 0 Å². The summed E-state index contributed by atoms with van der Waals surface area (Å²) in [4.78, 5) is 20.4. The summed E-state index contributed by atoms with van der Waals surface area (Å²) in [6.45, 7) is 7.64. The number of likely N-dealkylation sites (N-methyl/N-ethyl adjacent to an activating group) is 1. The lowest BCUT2D eigenvalue weighted by atomic mass is 10.2. The molecule has 7 heteroatoms. The fourth-order valence-corrected chi connectivity index (χ4v) is 4.01. The molecule has 6 nitrogen and oxygen atoms in total. The first-order valence-corrected chi connectivity index (χ1v) is 9.95. The molecule has 144 valence electrons. The Balaban J connectivity index is 1.63. The number of hydrogen-bond donors (Lipinski definition) is 1. The van der Waals surface area contributed by atoms with Gasteiger partial charge in [-0.05, 0) is 37.2 Å². The van der Waals surface area contributed by atoms with Crippen LogP contribution in [-0.4, -0.2) is 42.6 Å². The number of hydrogen-bond acceptors (Lipinski definition) is 6. The molecule has 3 rings (SSSR count). The quantitative estimate of drug-likeness (QED) is 0.736. The van der Waals surface area contributed by atoms with Crippen molar-refractivity contribution < 1.29 is 14.3 Å². The summed E-state index contributed by atoms with van der Waals surface area (Å²) in [5.41, 5.74) is 1.97. The molecular formula is C20H25N3O3S. The van der Waals surface area contributed by atoms with E-state index in [0.717, 1.165) is 37.3 Å². The molecule has 1 aromatic carbocycles. The third-order valence-corrected chi connectivity index (χ3v) is 5.40. The highest BCUT2D eigenvalue weighted by Gasteiger charge is 2.20. The molecule has 1 aliphatic rings. The molecule has 0 saturated carbocycles. The van der Waals surface area contributed by atoms with Gasteiger partial charge < -0.3 is 9.47 Å². The Hall–Kier alpha value is -2.38. The summed E-state index contributed by atoms with van der Waals surface area (Å²) in [6, 6.07) is 5.57. The van der Waals surface area contributed by atoms with E-state index in [9.17, 15) is 4.79 Å². The standard InChI is InChI=1S/C20H25N3O3S/c1-4-23-11-10-15-18(13-23)27-20(21-15)22-19(24)9-7-14-6-8-16(26-5-2)17(12-14)25-3/h6-9,12H,4-5,10-11,13H2,1-3H3,(H,21,22,24)/b9-7+. The van der Waals surface area contributed by atoms with Crippen LogP contribution in [0.3, 0.4) is 0 Å². The molecule has 1 aromatic heterocycles. The average molecular weight is 388 g/mol. The molecule has 0 bridgehead atoms. The lowest BCUT2D eigenvalue weighted by Crippen LogP contribution is -2.29. The van der Waals surface area contributed by atoms with E-state index >= 15 is 0 Å². The van der Waals surface area contributed by atoms with Crippen LogP contribution in [-0.2, 0) is 17.8 Å². The van der Waals surface area contributed by atoms with Crippen molar-refractivity contribution in [1.29, 1.82) is 0 Å². The van der Waals surface area contributed by atoms with Crippen molar-refractivity contribution in [2.24, 2.45) is 0 Å². The second-order valence-electron chi connectivity index (χ2n) is 6.17. The number of benzene rings is 1. The van der Waals surface area contributed by atoms with E-state index in [4.69, 9.17) is 9.47 Å². The Morgan fingerprint density at radius 1 is 1.37 bits per heavy atom. The summed E-state index contributed by atoms with van der Waals surface area (Å²) < 4.78 is 10.8. The lowest BCUT2D eigenvalue weighted by Gasteiger charge is -2.23. The predicted octanol–water partition coefficient (Wildman–Crippen LogP) is 3.58. The van der Waals surface area contributed by atoms with Crippen LogP contribution in [0, 0.1) is 0 Å². The highest BCUT2D eigenvalue weighted by atomic mass is 32.1. The number of amides is 1. The number of fused-ring (bicyclic) bond motifs is 1. The van der Waals surface area contributed by atoms with Crippen molar-refractivity contribution in [1.82, 2.24) is 9.88 Å². The van der Waals surface area contributed by atoms with Gasteiger partial charge in [0.2, 0.25) is 5.91 Å². The van der Waals surface area contributed by atoms with Crippen LogP contribution < -0.4 is 14.8 Å². The topological polar surface area (TPSA) is 63.7 Å². The summed E-state index contributed by atoms with van der Waals surface area (Å²) in [6.07, 6.45) is 4.20. The smallest absolute Gasteiger partial charge is 0.250 e. The highest BCUT2D eigenvalue weighted by molar-refractivity contribution is 7.15. The van der Waals surface area contributed by atoms with Gasteiger partial charge in [-0.15, -0.1) is 11.3 Å². The van der Waals surface area contributed by atoms with Gasteiger partial charge in [0.15, 0.2) is 16.6 Å². The van der Waals surface area contributed by atoms with E-state index in [-0.39, 0.29) is 5.91 Å². The summed E-state index contributed by atoms with van der Waals surface area (Å²) in [5.74, 6) is 1.14. The molecule has 0 unspecified atom stereocenters. The monoisotopic (exact) mass is 387 g/mol. The van der Waals surface area contributed by atoms with Crippen molar-refractivity contribution in [3.63, 3.8) is 0 Å². The number of ether oxygens (including phenoxy) is 2. The maximum Gasteiger partial charge on any atom is 0.250 e. The zero-order chi connectivity index (χ0) is 19.2. The number of methoxy groups -OCH3 is 1. The second-order valence-corrected chi connectivity index (χ2v) is 7.26. The van der Waals surface area contributed by atoms with Crippen molar-refractivity contribution in [2.75, 3.05) is 32.1 Å². The van der Waals surface area contributed by atoms with Gasteiger partial charge in [-0.25, -0.2) is 4.98 Å². The molecule has 0 atom stereocenters. The van der Waals surface area contributed by atoms with E-state index < -0.39 is 0 Å². The maximum atomic E-state index is 12.2. The third-order valence-electron chi connectivity index (χ3n) is 4.40. The molecule has 1 amide bonds. The molecule has 0 saturated heterocycles. The summed E-state index contributed by atoms with van der Waals surface area (Å²) in [5, 5.41) is 3.53. The molecular weight excluding hydrogens is 362 g/mol. The number of anilines is 1. The minimum absolute atomic E-state index is 0.193. The molecule has 27 heavy (non-hydrogen) atoms. The van der Waals surface area contributed by atoms with Gasteiger partial charge >= 0.3 is 0 Å². The van der Waals surface area contributed by atoms with Gasteiger partial charge in [-0.2, -0.15) is 0 Å². The minimum Gasteiger partial charge on any atom is -0.493 e. The fraction of sp³-hybridized carbons (Fsp3) is 0.400. The molecule has 2 heterocycles. The Bertz CT molecular complexity index is 832. The van der Waals surface area contributed by atoms with Gasteiger partial charge in [0, 0.05) is 30.5 Å². The molecule has 2 aromatic rings. The van der Waals surface area contributed by atoms with Crippen LogP contribution in [0.4, 0.5) is 5.13 Å². The first-order chi connectivity index (χ1) is 13.1. The predicted molar refractivity (Wildman–Crippen MR) is 109 cm³/mol. The van der Waals surface area contributed by atoms with Crippen molar-refractivity contribution in [3.05, 3.63) is 40.4 Å². The first kappa shape index (κ1) is 19.4. The fourth-order valence-electron chi connectivity index (χ4n) is 2.95. The average Bonchev–Trinajstić information content (AvgIpc) is 3.08. The third kappa shape index (κ3) is 4.87. The Kier molecular flexibility index (Phi) is 6.47. The highest BCUT2D eigenvalue weighted by Crippen LogP contribution is 2.29. The lowest BCUT2D eigenvalue weighted by molar-refractivity contribution is -0.111. The van der Waals surface area contributed by atoms with E-state index in [2.05, 4.69) is 22.1 Å². The normalized spacial score (nSPS) is 14.2. The Labute approximate surface area is 163 Å². The number of thiazole rings is 1. The van der Waals surface area contributed by atoms with Crippen molar-refractivity contribution >= 4 is 28.5 Å². The van der Waals surface area contributed by atoms with E-state index in [1.165, 1.54) is 11.0 Å². The number of carbonyl (C=O) groups is 1. The second kappa shape index (κ2) is 9.01. The summed E-state index contributed by atoms with van der Waals surface area (Å²) >= 11 is 1.56. The minimum atomic E-state index is -0.193. The Morgan fingerprint density at radius 2 is 2.22 bits per heavy atom. The van der Waals surface area contributed by atoms with Crippen LogP contribution in [0.5, 0.6) is 11.5 Å².